The first-order valence-corrected chi connectivity index (χ1v) is 9.60. The molecule has 0 saturated heterocycles. The number of nitrogens with zero attached hydrogens (tertiary/aromatic N) is 4. The molecular formula is C22H21FN6O. The third-order valence-corrected chi connectivity index (χ3v) is 4.62. The Balaban J connectivity index is 1.50. The Morgan fingerprint density at radius 2 is 1.73 bits per heavy atom. The lowest BCUT2D eigenvalue weighted by Gasteiger charge is -2.10. The third kappa shape index (κ3) is 3.98. The Morgan fingerprint density at radius 1 is 1.00 bits per heavy atom. The number of benzene rings is 2. The van der Waals surface area contributed by atoms with E-state index in [1.807, 2.05) is 44.2 Å². The number of nitrogens with one attached hydrogen (secondary N) is 2. The maximum absolute atomic E-state index is 13.0. The largest absolute Gasteiger partial charge is 0.368 e. The van der Waals surface area contributed by atoms with Gasteiger partial charge in [-0.3, -0.25) is 4.79 Å². The van der Waals surface area contributed by atoms with Crippen LogP contribution >= 0.6 is 0 Å². The highest BCUT2D eigenvalue weighted by atomic mass is 19.1. The summed E-state index contributed by atoms with van der Waals surface area (Å²) < 4.78 is 14.8. The summed E-state index contributed by atoms with van der Waals surface area (Å²) in [7, 11) is 0. The van der Waals surface area contributed by atoms with Crippen LogP contribution in [0.2, 0.25) is 0 Å². The van der Waals surface area contributed by atoms with E-state index >= 15 is 0 Å². The van der Waals surface area contributed by atoms with Crippen LogP contribution in [0.4, 0.5) is 10.2 Å². The molecule has 0 aliphatic carbocycles. The second-order valence-electron chi connectivity index (χ2n) is 6.84. The van der Waals surface area contributed by atoms with Crippen LogP contribution in [0.25, 0.3) is 16.7 Å². The molecule has 0 bridgehead atoms. The minimum atomic E-state index is -0.372. The first kappa shape index (κ1) is 19.5. The van der Waals surface area contributed by atoms with Crippen molar-refractivity contribution >= 4 is 22.8 Å². The number of anilines is 1. The van der Waals surface area contributed by atoms with Gasteiger partial charge in [0.2, 0.25) is 0 Å². The average Bonchev–Trinajstić information content (AvgIpc) is 3.08. The zero-order valence-electron chi connectivity index (χ0n) is 16.7. The summed E-state index contributed by atoms with van der Waals surface area (Å²) in [6, 6.07) is 15.2. The number of carbonyl (C=O) groups excluding carboxylic acids is 1. The van der Waals surface area contributed by atoms with Crippen molar-refractivity contribution in [2.45, 2.75) is 13.8 Å². The molecule has 4 rings (SSSR count). The summed E-state index contributed by atoms with van der Waals surface area (Å²) in [6.45, 7) is 4.60. The number of para-hydroxylation sites is 1. The number of halogens is 1. The molecule has 0 aliphatic heterocycles. The molecule has 2 heterocycles. The minimum absolute atomic E-state index is 0.256. The van der Waals surface area contributed by atoms with Crippen molar-refractivity contribution in [1.29, 1.82) is 0 Å². The van der Waals surface area contributed by atoms with E-state index in [1.165, 1.54) is 24.3 Å². The molecule has 0 fully saturated rings. The molecule has 2 aromatic carbocycles. The van der Waals surface area contributed by atoms with Crippen LogP contribution in [0.15, 0.2) is 54.6 Å². The van der Waals surface area contributed by atoms with E-state index in [9.17, 15) is 9.18 Å². The van der Waals surface area contributed by atoms with E-state index in [2.05, 4.69) is 25.7 Å². The van der Waals surface area contributed by atoms with Crippen molar-refractivity contribution in [1.82, 2.24) is 25.1 Å². The fraction of sp³-hybridized carbons (Fsp3) is 0.182. The molecule has 8 heteroatoms. The number of hydrogen-bond acceptors (Lipinski definition) is 5. The molecule has 4 aromatic rings. The number of amides is 1. The van der Waals surface area contributed by atoms with Crippen LogP contribution in [-0.2, 0) is 0 Å². The molecule has 0 spiro atoms. The standard InChI is InChI=1S/C22H21FN6O/c1-14-19-20(24-12-13-25-22(30)16-8-10-17(23)11-9-16)26-15(2)27-21(19)29(28-14)18-6-4-3-5-7-18/h3-11H,12-13H2,1-2H3,(H,25,30)(H,24,26,27). The number of aromatic nitrogens is 4. The van der Waals surface area contributed by atoms with Gasteiger partial charge in [0, 0.05) is 18.7 Å². The van der Waals surface area contributed by atoms with Gasteiger partial charge in [-0.2, -0.15) is 5.10 Å². The van der Waals surface area contributed by atoms with Gasteiger partial charge in [0.25, 0.3) is 5.91 Å². The van der Waals surface area contributed by atoms with Gasteiger partial charge in [-0.25, -0.2) is 19.0 Å². The van der Waals surface area contributed by atoms with Crippen molar-refractivity contribution < 1.29 is 9.18 Å². The monoisotopic (exact) mass is 404 g/mol. The Labute approximate surface area is 173 Å². The average molecular weight is 404 g/mol. The molecule has 152 valence electrons. The van der Waals surface area contributed by atoms with Gasteiger partial charge in [0.15, 0.2) is 5.65 Å². The Bertz CT molecular complexity index is 1190. The van der Waals surface area contributed by atoms with Crippen LogP contribution in [-0.4, -0.2) is 38.7 Å². The summed E-state index contributed by atoms with van der Waals surface area (Å²) in [4.78, 5) is 21.3. The molecule has 0 saturated carbocycles. The predicted octanol–water partition coefficient (Wildman–Crippen LogP) is 3.41. The van der Waals surface area contributed by atoms with Crippen molar-refractivity contribution in [2.75, 3.05) is 18.4 Å². The number of fused-ring (bicyclic) bond motifs is 1. The zero-order valence-corrected chi connectivity index (χ0v) is 16.7. The van der Waals surface area contributed by atoms with Gasteiger partial charge in [0.1, 0.15) is 17.5 Å². The Hall–Kier alpha value is -3.81. The summed E-state index contributed by atoms with van der Waals surface area (Å²) in [5, 5.41) is 11.6. The maximum Gasteiger partial charge on any atom is 0.251 e. The fourth-order valence-electron chi connectivity index (χ4n) is 3.23. The molecule has 0 unspecified atom stereocenters. The van der Waals surface area contributed by atoms with Gasteiger partial charge in [0.05, 0.1) is 16.8 Å². The van der Waals surface area contributed by atoms with Crippen LogP contribution in [0.5, 0.6) is 0 Å². The van der Waals surface area contributed by atoms with Crippen LogP contribution in [0.3, 0.4) is 0 Å². The molecule has 0 radical (unpaired) electrons. The summed E-state index contributed by atoms with van der Waals surface area (Å²) >= 11 is 0. The first-order chi connectivity index (χ1) is 14.5. The Morgan fingerprint density at radius 3 is 2.47 bits per heavy atom. The van der Waals surface area contributed by atoms with E-state index in [0.29, 0.717) is 30.3 Å². The summed E-state index contributed by atoms with van der Waals surface area (Å²) in [6.07, 6.45) is 0. The van der Waals surface area contributed by atoms with E-state index in [-0.39, 0.29) is 11.7 Å². The van der Waals surface area contributed by atoms with E-state index in [4.69, 9.17) is 0 Å². The maximum atomic E-state index is 13.0. The van der Waals surface area contributed by atoms with E-state index in [1.54, 1.807) is 4.68 Å². The Kier molecular flexibility index (Phi) is 5.38. The smallest absolute Gasteiger partial charge is 0.251 e. The third-order valence-electron chi connectivity index (χ3n) is 4.62. The van der Waals surface area contributed by atoms with Gasteiger partial charge in [-0.15, -0.1) is 0 Å². The van der Waals surface area contributed by atoms with Gasteiger partial charge in [-0.05, 0) is 50.2 Å². The number of aryl methyl sites for hydroxylation is 2. The lowest BCUT2D eigenvalue weighted by molar-refractivity contribution is 0.0955. The number of carbonyl (C=O) groups is 1. The van der Waals surface area contributed by atoms with Gasteiger partial charge < -0.3 is 10.6 Å². The SMILES string of the molecule is Cc1nc(NCCNC(=O)c2ccc(F)cc2)c2c(C)nn(-c3ccccc3)c2n1. The second-order valence-corrected chi connectivity index (χ2v) is 6.84. The molecule has 1 amide bonds. The van der Waals surface area contributed by atoms with Crippen LogP contribution in [0.1, 0.15) is 21.9 Å². The van der Waals surface area contributed by atoms with Gasteiger partial charge >= 0.3 is 0 Å². The van der Waals surface area contributed by atoms with Crippen LogP contribution < -0.4 is 10.6 Å². The zero-order chi connectivity index (χ0) is 21.1. The number of rotatable bonds is 6. The fourth-order valence-corrected chi connectivity index (χ4v) is 3.23. The molecule has 2 N–H and O–H groups in total. The highest BCUT2D eigenvalue weighted by Crippen LogP contribution is 2.26. The molecular weight excluding hydrogens is 383 g/mol. The first-order valence-electron chi connectivity index (χ1n) is 9.60. The lowest BCUT2D eigenvalue weighted by atomic mass is 10.2. The topological polar surface area (TPSA) is 84.7 Å². The van der Waals surface area contributed by atoms with E-state index < -0.39 is 0 Å². The molecule has 7 nitrogen and oxygen atoms in total. The highest BCUT2D eigenvalue weighted by Gasteiger charge is 2.16. The lowest BCUT2D eigenvalue weighted by Crippen LogP contribution is -2.29. The highest BCUT2D eigenvalue weighted by molar-refractivity contribution is 5.94. The van der Waals surface area contributed by atoms with Crippen LogP contribution in [0, 0.1) is 19.7 Å². The van der Waals surface area contributed by atoms with Crippen molar-refractivity contribution in [3.8, 4) is 5.69 Å². The van der Waals surface area contributed by atoms with E-state index in [0.717, 1.165) is 22.4 Å². The second kappa shape index (κ2) is 8.28. The molecule has 0 atom stereocenters. The quantitative estimate of drug-likeness (QED) is 0.481. The minimum Gasteiger partial charge on any atom is -0.368 e. The van der Waals surface area contributed by atoms with Crippen molar-refractivity contribution in [3.05, 3.63) is 77.5 Å². The molecule has 0 aliphatic rings. The summed E-state index contributed by atoms with van der Waals surface area (Å²) in [5.41, 5.74) is 2.87. The van der Waals surface area contributed by atoms with Crippen molar-refractivity contribution in [2.24, 2.45) is 0 Å². The normalized spacial score (nSPS) is 10.9. The molecule has 30 heavy (non-hydrogen) atoms. The summed E-state index contributed by atoms with van der Waals surface area (Å²) in [5.74, 6) is 0.669. The van der Waals surface area contributed by atoms with Crippen molar-refractivity contribution in [3.63, 3.8) is 0 Å². The number of hydrogen-bond donors (Lipinski definition) is 2. The predicted molar refractivity (Wildman–Crippen MR) is 113 cm³/mol. The molecule has 2 aromatic heterocycles. The van der Waals surface area contributed by atoms with Gasteiger partial charge in [-0.1, -0.05) is 18.2 Å².